The second-order valence-electron chi connectivity index (χ2n) is 3.78. The quantitative estimate of drug-likeness (QED) is 0.720. The molecule has 2 rings (SSSR count). The largest absolute Gasteiger partial charge is 0.387 e. The van der Waals surface area contributed by atoms with Gasteiger partial charge in [0.25, 0.3) is 0 Å². The third-order valence-corrected chi connectivity index (χ3v) is 2.66. The normalized spacial score (nSPS) is 24.8. The van der Waals surface area contributed by atoms with E-state index in [1.165, 1.54) is 0 Å². The van der Waals surface area contributed by atoms with Crippen LogP contribution >= 0.6 is 0 Å². The standard InChI is InChI=1S/C12H16N2O/c13-12-4-2-1-3-10(12)9-14-11-5-7-15-8-6-11/h1-4,9,11,13-14H,5-8H2/b10-9-,13-12?. The minimum absolute atomic E-state index is 0.498. The first-order valence-electron chi connectivity index (χ1n) is 5.34. The second kappa shape index (κ2) is 4.94. The molecule has 0 aromatic heterocycles. The molecule has 0 aromatic rings. The Balaban J connectivity index is 1.89. The number of rotatable bonds is 2. The van der Waals surface area contributed by atoms with E-state index in [2.05, 4.69) is 5.32 Å². The fourth-order valence-corrected chi connectivity index (χ4v) is 1.69. The van der Waals surface area contributed by atoms with Gasteiger partial charge in [0.05, 0.1) is 5.71 Å². The van der Waals surface area contributed by atoms with Crippen molar-refractivity contribution in [2.45, 2.75) is 18.9 Å². The van der Waals surface area contributed by atoms with Crippen LogP contribution in [0.15, 0.2) is 36.1 Å². The maximum absolute atomic E-state index is 7.69. The van der Waals surface area contributed by atoms with Crippen LogP contribution in [-0.4, -0.2) is 25.0 Å². The maximum Gasteiger partial charge on any atom is 0.0626 e. The molecule has 3 heteroatoms. The summed E-state index contributed by atoms with van der Waals surface area (Å²) in [5.41, 5.74) is 1.51. The molecule has 2 N–H and O–H groups in total. The van der Waals surface area contributed by atoms with E-state index in [9.17, 15) is 0 Å². The Labute approximate surface area is 90.0 Å². The molecule has 0 unspecified atom stereocenters. The minimum Gasteiger partial charge on any atom is -0.387 e. The Morgan fingerprint density at radius 1 is 1.27 bits per heavy atom. The van der Waals surface area contributed by atoms with Gasteiger partial charge in [0.15, 0.2) is 0 Å². The highest BCUT2D eigenvalue weighted by Gasteiger charge is 2.12. The summed E-state index contributed by atoms with van der Waals surface area (Å²) >= 11 is 0. The molecule has 2 aliphatic rings. The fourth-order valence-electron chi connectivity index (χ4n) is 1.69. The molecule has 1 heterocycles. The molecule has 3 nitrogen and oxygen atoms in total. The van der Waals surface area contributed by atoms with Crippen LogP contribution in [-0.2, 0) is 4.74 Å². The zero-order valence-electron chi connectivity index (χ0n) is 8.70. The lowest BCUT2D eigenvalue weighted by Gasteiger charge is -2.22. The van der Waals surface area contributed by atoms with Crippen molar-refractivity contribution < 1.29 is 4.74 Å². The Bertz CT molecular complexity index is 323. The third kappa shape index (κ3) is 2.80. The lowest BCUT2D eigenvalue weighted by atomic mass is 10.1. The SMILES string of the molecule is N=C1C=CC=C/C1=C/NC1CCOCC1. The van der Waals surface area contributed by atoms with E-state index < -0.39 is 0 Å². The number of hydrogen-bond acceptors (Lipinski definition) is 3. The molecule has 1 fully saturated rings. The summed E-state index contributed by atoms with van der Waals surface area (Å²) < 4.78 is 5.28. The highest BCUT2D eigenvalue weighted by Crippen LogP contribution is 2.09. The van der Waals surface area contributed by atoms with Gasteiger partial charge in [-0.15, -0.1) is 0 Å². The lowest BCUT2D eigenvalue weighted by Crippen LogP contribution is -2.31. The fraction of sp³-hybridized carbons (Fsp3) is 0.417. The van der Waals surface area contributed by atoms with Crippen molar-refractivity contribution in [1.82, 2.24) is 5.32 Å². The van der Waals surface area contributed by atoms with Crippen LogP contribution in [0.5, 0.6) is 0 Å². The van der Waals surface area contributed by atoms with Crippen molar-refractivity contribution in [3.8, 4) is 0 Å². The molecule has 0 saturated carbocycles. The summed E-state index contributed by atoms with van der Waals surface area (Å²) in [6, 6.07) is 0.498. The number of ether oxygens (including phenoxy) is 1. The number of nitrogens with one attached hydrogen (secondary N) is 2. The zero-order valence-corrected chi connectivity index (χ0v) is 8.70. The van der Waals surface area contributed by atoms with Gasteiger partial charge in [0.2, 0.25) is 0 Å². The van der Waals surface area contributed by atoms with Crippen molar-refractivity contribution in [3.63, 3.8) is 0 Å². The Kier molecular flexibility index (Phi) is 3.35. The highest BCUT2D eigenvalue weighted by atomic mass is 16.5. The molecular formula is C12H16N2O. The van der Waals surface area contributed by atoms with Gasteiger partial charge in [-0.2, -0.15) is 0 Å². The van der Waals surface area contributed by atoms with E-state index >= 15 is 0 Å². The van der Waals surface area contributed by atoms with E-state index in [1.807, 2.05) is 24.4 Å². The van der Waals surface area contributed by atoms with Crippen molar-refractivity contribution in [3.05, 3.63) is 36.1 Å². The molecule has 0 radical (unpaired) electrons. The van der Waals surface area contributed by atoms with Crippen LogP contribution in [0.3, 0.4) is 0 Å². The zero-order chi connectivity index (χ0) is 10.5. The van der Waals surface area contributed by atoms with Crippen molar-refractivity contribution in [2.75, 3.05) is 13.2 Å². The first-order chi connectivity index (χ1) is 7.36. The lowest BCUT2D eigenvalue weighted by molar-refractivity contribution is 0.0812. The maximum atomic E-state index is 7.69. The summed E-state index contributed by atoms with van der Waals surface area (Å²) in [6.45, 7) is 1.68. The number of hydrogen-bond donors (Lipinski definition) is 2. The Hall–Kier alpha value is -1.35. The van der Waals surface area contributed by atoms with E-state index in [-0.39, 0.29) is 0 Å². The molecule has 0 spiro atoms. The van der Waals surface area contributed by atoms with Crippen LogP contribution < -0.4 is 5.32 Å². The molecule has 1 aliphatic carbocycles. The molecule has 0 aromatic carbocycles. The molecule has 0 bridgehead atoms. The smallest absolute Gasteiger partial charge is 0.0626 e. The summed E-state index contributed by atoms with van der Waals surface area (Å²) in [6.07, 6.45) is 11.6. The molecular weight excluding hydrogens is 188 g/mol. The Morgan fingerprint density at radius 2 is 2.00 bits per heavy atom. The predicted molar refractivity (Wildman–Crippen MR) is 61.1 cm³/mol. The van der Waals surface area contributed by atoms with Crippen molar-refractivity contribution >= 4 is 5.71 Å². The van der Waals surface area contributed by atoms with Crippen LogP contribution in [0.4, 0.5) is 0 Å². The summed E-state index contributed by atoms with van der Waals surface area (Å²) in [5, 5.41) is 11.0. The van der Waals surface area contributed by atoms with E-state index in [4.69, 9.17) is 10.1 Å². The molecule has 1 saturated heterocycles. The van der Waals surface area contributed by atoms with Gasteiger partial charge >= 0.3 is 0 Å². The monoisotopic (exact) mass is 204 g/mol. The highest BCUT2D eigenvalue weighted by molar-refractivity contribution is 6.09. The van der Waals surface area contributed by atoms with Crippen molar-refractivity contribution in [2.24, 2.45) is 0 Å². The summed E-state index contributed by atoms with van der Waals surface area (Å²) in [5.74, 6) is 0. The van der Waals surface area contributed by atoms with Crippen molar-refractivity contribution in [1.29, 1.82) is 5.41 Å². The van der Waals surface area contributed by atoms with Crippen LogP contribution in [0.25, 0.3) is 0 Å². The van der Waals surface area contributed by atoms with Gasteiger partial charge in [-0.25, -0.2) is 0 Å². The first kappa shape index (κ1) is 10.2. The van der Waals surface area contributed by atoms with E-state index in [0.29, 0.717) is 11.8 Å². The van der Waals surface area contributed by atoms with E-state index in [1.54, 1.807) is 6.08 Å². The average molecular weight is 204 g/mol. The molecule has 15 heavy (non-hydrogen) atoms. The topological polar surface area (TPSA) is 45.1 Å². The molecule has 0 atom stereocenters. The van der Waals surface area contributed by atoms with Gasteiger partial charge in [-0.3, -0.25) is 0 Å². The van der Waals surface area contributed by atoms with Gasteiger partial charge in [0.1, 0.15) is 0 Å². The van der Waals surface area contributed by atoms with Crippen LogP contribution in [0, 0.1) is 5.41 Å². The third-order valence-electron chi connectivity index (χ3n) is 2.66. The summed E-state index contributed by atoms with van der Waals surface area (Å²) in [7, 11) is 0. The predicted octanol–water partition coefficient (Wildman–Crippen LogP) is 1.78. The Morgan fingerprint density at radius 3 is 2.73 bits per heavy atom. The van der Waals surface area contributed by atoms with Gasteiger partial charge < -0.3 is 15.5 Å². The van der Waals surface area contributed by atoms with Gasteiger partial charge in [0, 0.05) is 31.0 Å². The first-order valence-corrected chi connectivity index (χ1v) is 5.34. The van der Waals surface area contributed by atoms with E-state index in [0.717, 1.165) is 31.6 Å². The van der Waals surface area contributed by atoms with Crippen LogP contribution in [0.2, 0.25) is 0 Å². The van der Waals surface area contributed by atoms with Crippen LogP contribution in [0.1, 0.15) is 12.8 Å². The number of allylic oxidation sites excluding steroid dienone is 5. The van der Waals surface area contributed by atoms with Gasteiger partial charge in [-0.05, 0) is 18.9 Å². The minimum atomic E-state index is 0.498. The molecule has 80 valence electrons. The van der Waals surface area contributed by atoms with Gasteiger partial charge in [-0.1, -0.05) is 18.2 Å². The molecule has 0 amide bonds. The second-order valence-corrected chi connectivity index (χ2v) is 3.78. The molecule has 1 aliphatic heterocycles. The average Bonchev–Trinajstić information content (AvgIpc) is 2.29. The summed E-state index contributed by atoms with van der Waals surface area (Å²) in [4.78, 5) is 0.